The van der Waals surface area contributed by atoms with Crippen molar-refractivity contribution in [2.75, 3.05) is 20.3 Å². The largest absolute Gasteiger partial charge is 0.493 e. The van der Waals surface area contributed by atoms with Crippen molar-refractivity contribution in [1.29, 1.82) is 0 Å². The quantitative estimate of drug-likeness (QED) is 0.589. The number of halogens is 1. The Morgan fingerprint density at radius 2 is 1.89 bits per heavy atom. The molecule has 0 aromatic heterocycles. The van der Waals surface area contributed by atoms with Gasteiger partial charge in [0.15, 0.2) is 0 Å². The molecule has 96 valence electrons. The number of ether oxygens (including phenoxy) is 2. The Morgan fingerprint density at radius 3 is 2.67 bits per heavy atom. The average Bonchev–Trinajstić information content (AvgIpc) is 2.43. The van der Waals surface area contributed by atoms with E-state index in [4.69, 9.17) is 9.47 Å². The second-order valence-electron chi connectivity index (χ2n) is 4.09. The molecule has 18 heavy (non-hydrogen) atoms. The second-order valence-corrected chi connectivity index (χ2v) is 4.65. The molecule has 0 amide bonds. The molecule has 0 bridgehead atoms. The fourth-order valence-corrected chi connectivity index (χ4v) is 2.55. The van der Waals surface area contributed by atoms with E-state index in [1.165, 1.54) is 16.3 Å². The fourth-order valence-electron chi connectivity index (χ4n) is 1.97. The number of methoxy groups -OCH3 is 1. The Kier molecular flexibility index (Phi) is 5.02. The summed E-state index contributed by atoms with van der Waals surface area (Å²) in [5.41, 5.74) is 1.21. The number of benzene rings is 2. The van der Waals surface area contributed by atoms with E-state index in [2.05, 4.69) is 46.3 Å². The third-order valence-corrected chi connectivity index (χ3v) is 3.44. The molecule has 0 aliphatic carbocycles. The molecule has 0 saturated carbocycles. The van der Waals surface area contributed by atoms with Crippen molar-refractivity contribution in [3.63, 3.8) is 0 Å². The van der Waals surface area contributed by atoms with Gasteiger partial charge in [-0.2, -0.15) is 0 Å². The van der Waals surface area contributed by atoms with Crippen LogP contribution in [0.15, 0.2) is 36.4 Å². The van der Waals surface area contributed by atoms with E-state index >= 15 is 0 Å². The minimum atomic E-state index is 0.687. The summed E-state index contributed by atoms with van der Waals surface area (Å²) in [5.74, 6) is 0.960. The van der Waals surface area contributed by atoms with Gasteiger partial charge in [0.25, 0.3) is 0 Å². The van der Waals surface area contributed by atoms with Gasteiger partial charge in [0.05, 0.1) is 6.61 Å². The van der Waals surface area contributed by atoms with Crippen LogP contribution in [0.5, 0.6) is 5.75 Å². The number of rotatable bonds is 6. The van der Waals surface area contributed by atoms with Crippen LogP contribution >= 0.6 is 15.9 Å². The van der Waals surface area contributed by atoms with Gasteiger partial charge in [-0.05, 0) is 16.8 Å². The number of alkyl halides is 1. The summed E-state index contributed by atoms with van der Waals surface area (Å²) in [6.07, 6.45) is 0.908. The zero-order chi connectivity index (χ0) is 12.8. The van der Waals surface area contributed by atoms with Crippen LogP contribution in [0.25, 0.3) is 10.8 Å². The molecular weight excluding hydrogens is 292 g/mol. The highest BCUT2D eigenvalue weighted by Crippen LogP contribution is 2.30. The van der Waals surface area contributed by atoms with Crippen LogP contribution in [0.3, 0.4) is 0 Å². The zero-order valence-corrected chi connectivity index (χ0v) is 12.1. The summed E-state index contributed by atoms with van der Waals surface area (Å²) in [6.45, 7) is 1.42. The molecule has 2 aromatic rings. The van der Waals surface area contributed by atoms with Crippen LogP contribution < -0.4 is 4.74 Å². The summed E-state index contributed by atoms with van der Waals surface area (Å²) in [6, 6.07) is 12.5. The third kappa shape index (κ3) is 3.03. The van der Waals surface area contributed by atoms with Crippen molar-refractivity contribution in [2.24, 2.45) is 0 Å². The minimum Gasteiger partial charge on any atom is -0.493 e. The Labute approximate surface area is 116 Å². The first-order valence-electron chi connectivity index (χ1n) is 6.05. The summed E-state index contributed by atoms with van der Waals surface area (Å²) >= 11 is 3.55. The molecule has 0 fully saturated rings. The number of hydrogen-bond acceptors (Lipinski definition) is 2. The van der Waals surface area contributed by atoms with Gasteiger partial charge < -0.3 is 9.47 Å². The molecule has 2 rings (SSSR count). The molecule has 0 aliphatic heterocycles. The van der Waals surface area contributed by atoms with E-state index in [1.807, 2.05) is 6.07 Å². The first-order chi connectivity index (χ1) is 8.86. The van der Waals surface area contributed by atoms with Gasteiger partial charge in [-0.15, -0.1) is 0 Å². The summed E-state index contributed by atoms with van der Waals surface area (Å²) in [4.78, 5) is 0. The van der Waals surface area contributed by atoms with E-state index in [0.29, 0.717) is 6.61 Å². The fraction of sp³-hybridized carbons (Fsp3) is 0.333. The van der Waals surface area contributed by atoms with Crippen LogP contribution in [-0.2, 0) is 10.1 Å². The molecule has 0 N–H and O–H groups in total. The van der Waals surface area contributed by atoms with Crippen LogP contribution in [0.2, 0.25) is 0 Å². The summed E-state index contributed by atoms with van der Waals surface area (Å²) < 4.78 is 10.8. The Balaban J connectivity index is 2.22. The first-order valence-corrected chi connectivity index (χ1v) is 7.17. The highest BCUT2D eigenvalue weighted by Gasteiger charge is 2.07. The Bertz CT molecular complexity index is 511. The molecule has 0 unspecified atom stereocenters. The predicted octanol–water partition coefficient (Wildman–Crippen LogP) is 4.15. The number of fused-ring (bicyclic) bond motifs is 1. The predicted molar refractivity (Wildman–Crippen MR) is 78.6 cm³/mol. The monoisotopic (exact) mass is 308 g/mol. The molecule has 0 radical (unpaired) electrons. The van der Waals surface area contributed by atoms with Gasteiger partial charge in [-0.25, -0.2) is 0 Å². The van der Waals surface area contributed by atoms with E-state index in [9.17, 15) is 0 Å². The van der Waals surface area contributed by atoms with E-state index in [1.54, 1.807) is 7.11 Å². The highest BCUT2D eigenvalue weighted by molar-refractivity contribution is 9.08. The van der Waals surface area contributed by atoms with Crippen LogP contribution in [0, 0.1) is 0 Å². The molecule has 0 aliphatic rings. The second kappa shape index (κ2) is 6.76. The maximum atomic E-state index is 5.83. The van der Waals surface area contributed by atoms with Gasteiger partial charge >= 0.3 is 0 Å². The number of hydrogen-bond donors (Lipinski definition) is 0. The summed E-state index contributed by atoms with van der Waals surface area (Å²) in [7, 11) is 1.71. The van der Waals surface area contributed by atoms with Crippen molar-refractivity contribution >= 4 is 26.7 Å². The maximum absolute atomic E-state index is 5.83. The average molecular weight is 309 g/mol. The van der Waals surface area contributed by atoms with Crippen molar-refractivity contribution in [2.45, 2.75) is 11.8 Å². The van der Waals surface area contributed by atoms with Crippen LogP contribution in [0.1, 0.15) is 12.0 Å². The Morgan fingerprint density at radius 1 is 1.06 bits per heavy atom. The smallest absolute Gasteiger partial charge is 0.123 e. The van der Waals surface area contributed by atoms with Gasteiger partial charge in [0.1, 0.15) is 5.75 Å². The molecule has 0 atom stereocenters. The third-order valence-electron chi connectivity index (χ3n) is 2.88. The molecule has 2 aromatic carbocycles. The highest BCUT2D eigenvalue weighted by atomic mass is 79.9. The Hall–Kier alpha value is -1.06. The maximum Gasteiger partial charge on any atom is 0.123 e. The normalized spacial score (nSPS) is 10.8. The van der Waals surface area contributed by atoms with E-state index < -0.39 is 0 Å². The van der Waals surface area contributed by atoms with Gasteiger partial charge in [0, 0.05) is 31.0 Å². The SMILES string of the molecule is COCCCOc1ccc2ccccc2c1CBr. The van der Waals surface area contributed by atoms with Crippen molar-refractivity contribution < 1.29 is 9.47 Å². The molecule has 0 spiro atoms. The minimum absolute atomic E-state index is 0.687. The standard InChI is InChI=1S/C15H17BrO2/c1-17-9-4-10-18-15-8-7-12-5-2-3-6-13(12)14(15)11-16/h2-3,5-8H,4,9-11H2,1H3. The zero-order valence-electron chi connectivity index (χ0n) is 10.5. The van der Waals surface area contributed by atoms with Crippen LogP contribution in [0.4, 0.5) is 0 Å². The van der Waals surface area contributed by atoms with Gasteiger partial charge in [-0.1, -0.05) is 46.3 Å². The molecule has 2 nitrogen and oxygen atoms in total. The first kappa shape index (κ1) is 13.4. The lowest BCUT2D eigenvalue weighted by Gasteiger charge is -2.12. The lowest BCUT2D eigenvalue weighted by atomic mass is 10.0. The summed E-state index contributed by atoms with van der Waals surface area (Å²) in [5, 5.41) is 3.29. The van der Waals surface area contributed by atoms with Crippen molar-refractivity contribution in [1.82, 2.24) is 0 Å². The van der Waals surface area contributed by atoms with Gasteiger partial charge in [0.2, 0.25) is 0 Å². The topological polar surface area (TPSA) is 18.5 Å². The molecule has 0 saturated heterocycles. The lowest BCUT2D eigenvalue weighted by Crippen LogP contribution is -2.03. The molecule has 0 heterocycles. The van der Waals surface area contributed by atoms with E-state index in [0.717, 1.165) is 24.1 Å². The van der Waals surface area contributed by atoms with Crippen LogP contribution in [-0.4, -0.2) is 20.3 Å². The molecule has 3 heteroatoms. The lowest BCUT2D eigenvalue weighted by molar-refractivity contribution is 0.172. The van der Waals surface area contributed by atoms with Crippen molar-refractivity contribution in [3.05, 3.63) is 42.0 Å². The van der Waals surface area contributed by atoms with E-state index in [-0.39, 0.29) is 0 Å². The van der Waals surface area contributed by atoms with Crippen molar-refractivity contribution in [3.8, 4) is 5.75 Å². The molecular formula is C15H17BrO2. The van der Waals surface area contributed by atoms with Gasteiger partial charge in [-0.3, -0.25) is 0 Å².